The van der Waals surface area contributed by atoms with Crippen LogP contribution in [0.15, 0.2) is 45.7 Å². The lowest BCUT2D eigenvalue weighted by atomic mass is 10.2. The molecular formula is C17H17FN2OS2. The van der Waals surface area contributed by atoms with Crippen LogP contribution >= 0.6 is 23.1 Å². The number of thiophene rings is 1. The molecule has 120 valence electrons. The number of hydrogen-bond donors (Lipinski definition) is 0. The summed E-state index contributed by atoms with van der Waals surface area (Å²) in [5, 5.41) is 2.58. The van der Waals surface area contributed by atoms with Gasteiger partial charge in [-0.25, -0.2) is 9.37 Å². The minimum atomic E-state index is -0.247. The summed E-state index contributed by atoms with van der Waals surface area (Å²) in [5.41, 5.74) is 1.63. The first-order valence-corrected chi connectivity index (χ1v) is 9.33. The normalized spacial score (nSPS) is 12.7. The highest BCUT2D eigenvalue weighted by molar-refractivity contribution is 7.98. The zero-order valence-corrected chi connectivity index (χ0v) is 14.6. The van der Waals surface area contributed by atoms with Crippen LogP contribution in [0.2, 0.25) is 0 Å². The summed E-state index contributed by atoms with van der Waals surface area (Å²) in [6, 6.07) is 8.47. The Morgan fingerprint density at radius 3 is 2.96 bits per heavy atom. The Labute approximate surface area is 142 Å². The average Bonchev–Trinajstić information content (AvgIpc) is 3.01. The number of benzene rings is 1. The monoisotopic (exact) mass is 348 g/mol. The summed E-state index contributed by atoms with van der Waals surface area (Å²) in [4.78, 5) is 17.4. The standard InChI is InChI=1S/C17H17FN2OS2/c1-3-11(2)20-16(21)15-14(7-8-22-15)19-17(20)23-10-12-5-4-6-13(18)9-12/h4-9,11H,3,10H2,1-2H3. The molecule has 0 spiro atoms. The third kappa shape index (κ3) is 3.33. The van der Waals surface area contributed by atoms with E-state index in [2.05, 4.69) is 11.9 Å². The van der Waals surface area contributed by atoms with Crippen LogP contribution in [0.25, 0.3) is 10.2 Å². The molecule has 0 amide bonds. The molecule has 0 fully saturated rings. The maximum Gasteiger partial charge on any atom is 0.272 e. The minimum Gasteiger partial charge on any atom is -0.284 e. The average molecular weight is 348 g/mol. The summed E-state index contributed by atoms with van der Waals surface area (Å²) in [7, 11) is 0. The van der Waals surface area contributed by atoms with Crippen molar-refractivity contribution >= 4 is 33.3 Å². The number of hydrogen-bond acceptors (Lipinski definition) is 4. The first-order chi connectivity index (χ1) is 11.1. The number of rotatable bonds is 5. The fraction of sp³-hybridized carbons (Fsp3) is 0.294. The highest BCUT2D eigenvalue weighted by Gasteiger charge is 2.16. The zero-order valence-electron chi connectivity index (χ0n) is 13.0. The molecule has 1 atom stereocenters. The van der Waals surface area contributed by atoms with Crippen molar-refractivity contribution in [3.8, 4) is 0 Å². The molecule has 0 saturated carbocycles. The molecule has 23 heavy (non-hydrogen) atoms. The molecule has 1 aromatic carbocycles. The van der Waals surface area contributed by atoms with Gasteiger partial charge in [-0.2, -0.15) is 0 Å². The number of fused-ring (bicyclic) bond motifs is 1. The molecule has 0 saturated heterocycles. The molecule has 0 aliphatic rings. The van der Waals surface area contributed by atoms with Crippen molar-refractivity contribution in [1.82, 2.24) is 9.55 Å². The molecule has 0 aliphatic carbocycles. The summed E-state index contributed by atoms with van der Waals surface area (Å²) in [6.07, 6.45) is 0.853. The molecule has 3 aromatic rings. The third-order valence-corrected chi connectivity index (χ3v) is 5.68. The molecule has 0 bridgehead atoms. The van der Waals surface area contributed by atoms with Gasteiger partial charge in [0, 0.05) is 11.8 Å². The Morgan fingerprint density at radius 1 is 1.39 bits per heavy atom. The Bertz CT molecular complexity index is 888. The fourth-order valence-corrected chi connectivity index (χ4v) is 4.16. The van der Waals surface area contributed by atoms with E-state index in [1.807, 2.05) is 24.4 Å². The van der Waals surface area contributed by atoms with E-state index in [0.29, 0.717) is 15.6 Å². The molecular weight excluding hydrogens is 331 g/mol. The molecule has 0 aliphatic heterocycles. The van der Waals surface area contributed by atoms with Gasteiger partial charge >= 0.3 is 0 Å². The molecule has 3 nitrogen and oxygen atoms in total. The van der Waals surface area contributed by atoms with Gasteiger partial charge in [-0.1, -0.05) is 30.8 Å². The van der Waals surface area contributed by atoms with Gasteiger partial charge in [0.05, 0.1) is 5.52 Å². The first kappa shape index (κ1) is 16.2. The van der Waals surface area contributed by atoms with Gasteiger partial charge in [-0.3, -0.25) is 9.36 Å². The Kier molecular flexibility index (Phi) is 4.82. The lowest BCUT2D eigenvalue weighted by molar-refractivity contribution is 0.468. The Morgan fingerprint density at radius 2 is 2.22 bits per heavy atom. The summed E-state index contributed by atoms with van der Waals surface area (Å²) in [6.45, 7) is 4.07. The second-order valence-corrected chi connectivity index (χ2v) is 7.24. The van der Waals surface area contributed by atoms with Gasteiger partial charge in [0.15, 0.2) is 5.16 Å². The smallest absolute Gasteiger partial charge is 0.272 e. The second-order valence-electron chi connectivity index (χ2n) is 5.38. The minimum absolute atomic E-state index is 0.0149. The highest BCUT2D eigenvalue weighted by atomic mass is 32.2. The largest absolute Gasteiger partial charge is 0.284 e. The van der Waals surface area contributed by atoms with E-state index in [4.69, 9.17) is 0 Å². The molecule has 2 heterocycles. The van der Waals surface area contributed by atoms with E-state index in [1.165, 1.54) is 35.2 Å². The molecule has 0 N–H and O–H groups in total. The topological polar surface area (TPSA) is 34.9 Å². The van der Waals surface area contributed by atoms with Crippen LogP contribution < -0.4 is 5.56 Å². The van der Waals surface area contributed by atoms with Crippen LogP contribution in [0.1, 0.15) is 31.9 Å². The van der Waals surface area contributed by atoms with Gasteiger partial charge in [-0.05, 0) is 42.5 Å². The van der Waals surface area contributed by atoms with Crippen LogP contribution in [0.3, 0.4) is 0 Å². The third-order valence-electron chi connectivity index (χ3n) is 3.77. The van der Waals surface area contributed by atoms with Crippen molar-refractivity contribution in [3.63, 3.8) is 0 Å². The van der Waals surface area contributed by atoms with E-state index >= 15 is 0 Å². The van der Waals surface area contributed by atoms with Crippen molar-refractivity contribution in [2.24, 2.45) is 0 Å². The number of aromatic nitrogens is 2. The number of nitrogens with zero attached hydrogens (tertiary/aromatic N) is 2. The lowest BCUT2D eigenvalue weighted by Crippen LogP contribution is -2.25. The second kappa shape index (κ2) is 6.84. The molecule has 1 unspecified atom stereocenters. The fourth-order valence-electron chi connectivity index (χ4n) is 2.35. The molecule has 2 aromatic heterocycles. The van der Waals surface area contributed by atoms with Gasteiger partial charge in [-0.15, -0.1) is 11.3 Å². The Balaban J connectivity index is 1.99. The summed E-state index contributed by atoms with van der Waals surface area (Å²) < 4.78 is 15.8. The van der Waals surface area contributed by atoms with E-state index in [-0.39, 0.29) is 17.4 Å². The Hall–Kier alpha value is -1.66. The van der Waals surface area contributed by atoms with Crippen LogP contribution in [-0.4, -0.2) is 9.55 Å². The predicted octanol–water partition coefficient (Wildman–Crippen LogP) is 4.86. The van der Waals surface area contributed by atoms with E-state index in [9.17, 15) is 9.18 Å². The van der Waals surface area contributed by atoms with Crippen LogP contribution in [0.5, 0.6) is 0 Å². The maximum absolute atomic E-state index is 13.3. The van der Waals surface area contributed by atoms with Gasteiger partial charge in [0.2, 0.25) is 0 Å². The van der Waals surface area contributed by atoms with Crippen molar-refractivity contribution in [1.29, 1.82) is 0 Å². The van der Waals surface area contributed by atoms with Crippen LogP contribution in [0, 0.1) is 5.82 Å². The van der Waals surface area contributed by atoms with Crippen molar-refractivity contribution < 1.29 is 4.39 Å². The SMILES string of the molecule is CCC(C)n1c(SCc2cccc(F)c2)nc2ccsc2c1=O. The van der Waals surface area contributed by atoms with Gasteiger partial charge in [0.25, 0.3) is 5.56 Å². The predicted molar refractivity (Wildman–Crippen MR) is 94.8 cm³/mol. The summed E-state index contributed by atoms with van der Waals surface area (Å²) >= 11 is 2.90. The quantitative estimate of drug-likeness (QED) is 0.488. The maximum atomic E-state index is 13.3. The summed E-state index contributed by atoms with van der Waals surface area (Å²) in [5.74, 6) is 0.333. The van der Waals surface area contributed by atoms with Gasteiger partial charge in [0.1, 0.15) is 10.5 Å². The molecule has 3 rings (SSSR count). The van der Waals surface area contributed by atoms with E-state index < -0.39 is 0 Å². The van der Waals surface area contributed by atoms with Gasteiger partial charge < -0.3 is 0 Å². The zero-order chi connectivity index (χ0) is 16.4. The van der Waals surface area contributed by atoms with Crippen LogP contribution in [-0.2, 0) is 5.75 Å². The van der Waals surface area contributed by atoms with E-state index in [0.717, 1.165) is 17.5 Å². The van der Waals surface area contributed by atoms with Crippen molar-refractivity contribution in [2.75, 3.05) is 0 Å². The first-order valence-electron chi connectivity index (χ1n) is 7.47. The number of halogens is 1. The molecule has 6 heteroatoms. The van der Waals surface area contributed by atoms with Crippen molar-refractivity contribution in [2.45, 2.75) is 37.2 Å². The van der Waals surface area contributed by atoms with Crippen molar-refractivity contribution in [3.05, 3.63) is 57.4 Å². The highest BCUT2D eigenvalue weighted by Crippen LogP contribution is 2.26. The number of thioether (sulfide) groups is 1. The lowest BCUT2D eigenvalue weighted by Gasteiger charge is -2.17. The molecule has 0 radical (unpaired) electrons. The van der Waals surface area contributed by atoms with Crippen LogP contribution in [0.4, 0.5) is 4.39 Å². The van der Waals surface area contributed by atoms with E-state index in [1.54, 1.807) is 10.6 Å².